The van der Waals surface area contributed by atoms with Gasteiger partial charge in [0.2, 0.25) is 11.8 Å². The molecule has 0 saturated heterocycles. The second-order valence-corrected chi connectivity index (χ2v) is 5.13. The molecule has 1 aromatic heterocycles. The minimum absolute atomic E-state index is 0.0207. The van der Waals surface area contributed by atoms with Crippen LogP contribution < -0.4 is 5.32 Å². The molecule has 2 rings (SSSR count). The summed E-state index contributed by atoms with van der Waals surface area (Å²) in [7, 11) is 1.26. The maximum Gasteiger partial charge on any atom is 0.334 e. The Labute approximate surface area is 137 Å². The van der Waals surface area contributed by atoms with Gasteiger partial charge in [-0.2, -0.15) is 0 Å². The third-order valence-corrected chi connectivity index (χ3v) is 3.28. The number of carbonyl (C=O) groups excluding carboxylic acids is 1. The lowest BCUT2D eigenvalue weighted by atomic mass is 10.2. The van der Waals surface area contributed by atoms with Crippen LogP contribution in [0.15, 0.2) is 34.9 Å². The van der Waals surface area contributed by atoms with E-state index in [1.165, 1.54) is 13.4 Å². The van der Waals surface area contributed by atoms with Gasteiger partial charge in [-0.05, 0) is 24.3 Å². The highest BCUT2D eigenvalue weighted by Gasteiger charge is 2.18. The summed E-state index contributed by atoms with van der Waals surface area (Å²) in [4.78, 5) is 26.8. The first kappa shape index (κ1) is 17.0. The summed E-state index contributed by atoms with van der Waals surface area (Å²) in [5.74, 6) is -1.13. The third-order valence-electron chi connectivity index (χ3n) is 3.03. The Hall–Kier alpha value is -2.38. The number of methoxy groups -OCH3 is 1. The lowest BCUT2D eigenvalue weighted by molar-refractivity contribution is -0.148. The molecule has 7 nitrogen and oxygen atoms in total. The molecule has 0 spiro atoms. The van der Waals surface area contributed by atoms with Crippen LogP contribution >= 0.6 is 11.6 Å². The van der Waals surface area contributed by atoms with Gasteiger partial charge in [-0.15, -0.1) is 0 Å². The molecule has 0 radical (unpaired) electrons. The van der Waals surface area contributed by atoms with Crippen LogP contribution in [0.1, 0.15) is 5.69 Å². The molecule has 122 valence electrons. The Morgan fingerprint density at radius 3 is 2.70 bits per heavy atom. The standard InChI is InChI=1S/C15H15ClN2O5/c1-22-12(15(20)21)7-17-13(19)6-11-8-23-14(18-11)9-2-4-10(16)5-3-9/h2-5,8,12H,6-7H2,1H3,(H,17,19)(H,20,21). The molecule has 0 aliphatic rings. The van der Waals surface area contributed by atoms with Crippen molar-refractivity contribution in [3.05, 3.63) is 41.2 Å². The smallest absolute Gasteiger partial charge is 0.334 e. The number of aliphatic carboxylic acids is 1. The predicted molar refractivity (Wildman–Crippen MR) is 82.1 cm³/mol. The average molecular weight is 339 g/mol. The van der Waals surface area contributed by atoms with E-state index in [1.807, 2.05) is 0 Å². The number of benzene rings is 1. The zero-order chi connectivity index (χ0) is 16.8. The van der Waals surface area contributed by atoms with Gasteiger partial charge in [-0.3, -0.25) is 4.79 Å². The number of ether oxygens (including phenoxy) is 1. The Bertz CT molecular complexity index is 683. The molecular weight excluding hydrogens is 324 g/mol. The van der Waals surface area contributed by atoms with Gasteiger partial charge in [0.25, 0.3) is 0 Å². The van der Waals surface area contributed by atoms with Crippen molar-refractivity contribution in [3.63, 3.8) is 0 Å². The minimum Gasteiger partial charge on any atom is -0.479 e. The van der Waals surface area contributed by atoms with Crippen LogP contribution in [-0.2, 0) is 20.7 Å². The molecule has 0 saturated carbocycles. The highest BCUT2D eigenvalue weighted by atomic mass is 35.5. The van der Waals surface area contributed by atoms with E-state index in [9.17, 15) is 9.59 Å². The van der Waals surface area contributed by atoms with Crippen LogP contribution in [0.25, 0.3) is 11.5 Å². The lowest BCUT2D eigenvalue weighted by Crippen LogP contribution is -2.38. The fourth-order valence-corrected chi connectivity index (χ4v) is 1.94. The largest absolute Gasteiger partial charge is 0.479 e. The van der Waals surface area contributed by atoms with E-state index in [1.54, 1.807) is 24.3 Å². The molecule has 0 aliphatic carbocycles. The number of hydrogen-bond donors (Lipinski definition) is 2. The summed E-state index contributed by atoms with van der Waals surface area (Å²) in [6.45, 7) is -0.118. The second-order valence-electron chi connectivity index (χ2n) is 4.69. The number of nitrogens with zero attached hydrogens (tertiary/aromatic N) is 1. The number of aromatic nitrogens is 1. The predicted octanol–water partition coefficient (Wildman–Crippen LogP) is 1.75. The molecule has 1 amide bonds. The molecular formula is C15H15ClN2O5. The first-order valence-electron chi connectivity index (χ1n) is 6.72. The number of nitrogens with one attached hydrogen (secondary N) is 1. The van der Waals surface area contributed by atoms with Gasteiger partial charge in [-0.1, -0.05) is 11.6 Å². The number of oxazole rings is 1. The van der Waals surface area contributed by atoms with Crippen LogP contribution in [0.3, 0.4) is 0 Å². The highest BCUT2D eigenvalue weighted by molar-refractivity contribution is 6.30. The Kier molecular flexibility index (Phi) is 5.72. The van der Waals surface area contributed by atoms with Crippen molar-refractivity contribution in [2.45, 2.75) is 12.5 Å². The maximum atomic E-state index is 11.8. The van der Waals surface area contributed by atoms with Crippen molar-refractivity contribution < 1.29 is 23.8 Å². The first-order chi connectivity index (χ1) is 11.0. The summed E-state index contributed by atoms with van der Waals surface area (Å²) in [6.07, 6.45) is 0.280. The Morgan fingerprint density at radius 1 is 1.39 bits per heavy atom. The zero-order valence-electron chi connectivity index (χ0n) is 12.3. The average Bonchev–Trinajstić information content (AvgIpc) is 2.96. The van der Waals surface area contributed by atoms with Gasteiger partial charge in [0.15, 0.2) is 6.10 Å². The summed E-state index contributed by atoms with van der Waals surface area (Å²) >= 11 is 5.81. The van der Waals surface area contributed by atoms with Gasteiger partial charge in [0, 0.05) is 17.7 Å². The molecule has 8 heteroatoms. The van der Waals surface area contributed by atoms with E-state index >= 15 is 0 Å². The highest BCUT2D eigenvalue weighted by Crippen LogP contribution is 2.20. The van der Waals surface area contributed by atoms with Gasteiger partial charge in [-0.25, -0.2) is 9.78 Å². The molecule has 2 N–H and O–H groups in total. The topological polar surface area (TPSA) is 102 Å². The van der Waals surface area contributed by atoms with Crippen molar-refractivity contribution in [1.29, 1.82) is 0 Å². The quantitative estimate of drug-likeness (QED) is 0.797. The fourth-order valence-electron chi connectivity index (χ4n) is 1.82. The molecule has 1 atom stereocenters. The number of halogens is 1. The van der Waals surface area contributed by atoms with Crippen LogP contribution in [0.5, 0.6) is 0 Å². The van der Waals surface area contributed by atoms with Crippen LogP contribution in [0, 0.1) is 0 Å². The van der Waals surface area contributed by atoms with Crippen LogP contribution in [-0.4, -0.2) is 41.7 Å². The summed E-state index contributed by atoms with van der Waals surface area (Å²) in [5.41, 5.74) is 1.18. The molecule has 0 fully saturated rings. The van der Waals surface area contributed by atoms with E-state index in [0.29, 0.717) is 16.6 Å². The number of carbonyl (C=O) groups is 2. The second kappa shape index (κ2) is 7.75. The lowest BCUT2D eigenvalue weighted by Gasteiger charge is -2.10. The fraction of sp³-hybridized carbons (Fsp3) is 0.267. The molecule has 2 aromatic rings. The number of rotatable bonds is 7. The number of hydrogen-bond acceptors (Lipinski definition) is 5. The van der Waals surface area contributed by atoms with Crippen molar-refractivity contribution in [1.82, 2.24) is 10.3 Å². The molecule has 1 aromatic carbocycles. The van der Waals surface area contributed by atoms with Crippen molar-refractivity contribution in [3.8, 4) is 11.5 Å². The Morgan fingerprint density at radius 2 is 2.09 bits per heavy atom. The number of carboxylic acid groups (broad SMARTS) is 1. The van der Waals surface area contributed by atoms with E-state index in [0.717, 1.165) is 5.56 Å². The van der Waals surface area contributed by atoms with Crippen LogP contribution in [0.4, 0.5) is 0 Å². The van der Waals surface area contributed by atoms with Crippen molar-refractivity contribution in [2.75, 3.05) is 13.7 Å². The molecule has 23 heavy (non-hydrogen) atoms. The summed E-state index contributed by atoms with van der Waals surface area (Å²) < 4.78 is 10.0. The van der Waals surface area contributed by atoms with Crippen molar-refractivity contribution in [2.24, 2.45) is 0 Å². The van der Waals surface area contributed by atoms with Gasteiger partial charge in [0.05, 0.1) is 18.7 Å². The monoisotopic (exact) mass is 338 g/mol. The van der Waals surface area contributed by atoms with E-state index in [4.69, 9.17) is 25.9 Å². The number of carboxylic acids is 1. The maximum absolute atomic E-state index is 11.8. The van der Waals surface area contributed by atoms with Gasteiger partial charge < -0.3 is 19.6 Å². The zero-order valence-corrected chi connectivity index (χ0v) is 13.0. The van der Waals surface area contributed by atoms with E-state index in [2.05, 4.69) is 10.3 Å². The van der Waals surface area contributed by atoms with E-state index in [-0.39, 0.29) is 18.9 Å². The van der Waals surface area contributed by atoms with Crippen LogP contribution in [0.2, 0.25) is 5.02 Å². The minimum atomic E-state index is -1.14. The Balaban J connectivity index is 1.92. The van der Waals surface area contributed by atoms with E-state index < -0.39 is 12.1 Å². The van der Waals surface area contributed by atoms with Gasteiger partial charge >= 0.3 is 5.97 Å². The summed E-state index contributed by atoms with van der Waals surface area (Å²) in [5, 5.41) is 11.9. The number of amides is 1. The molecule has 0 bridgehead atoms. The SMILES string of the molecule is COC(CNC(=O)Cc1coc(-c2ccc(Cl)cc2)n1)C(=O)O. The molecule has 1 unspecified atom stereocenters. The molecule has 0 aliphatic heterocycles. The summed E-state index contributed by atoms with van der Waals surface area (Å²) in [6, 6.07) is 6.94. The first-order valence-corrected chi connectivity index (χ1v) is 7.10. The van der Waals surface area contributed by atoms with Crippen molar-refractivity contribution >= 4 is 23.5 Å². The van der Waals surface area contributed by atoms with Gasteiger partial charge in [0.1, 0.15) is 6.26 Å². The normalized spacial score (nSPS) is 11.9. The third kappa shape index (κ3) is 4.80. The molecule has 1 heterocycles.